The molecule has 2 N–H and O–H groups in total. The van der Waals surface area contributed by atoms with Gasteiger partial charge in [-0.05, 0) is 31.0 Å². The van der Waals surface area contributed by atoms with Gasteiger partial charge in [-0.15, -0.1) is 0 Å². The Hall–Kier alpha value is -1.30. The summed E-state index contributed by atoms with van der Waals surface area (Å²) in [6.45, 7) is 2.01. The fourth-order valence-corrected chi connectivity index (χ4v) is 3.16. The molecule has 1 heterocycles. The number of nitrogens with zero attached hydrogens (tertiary/aromatic N) is 2. The molecule has 1 saturated carbocycles. The second-order valence-electron chi connectivity index (χ2n) is 5.90. The molecule has 118 valence electrons. The van der Waals surface area contributed by atoms with Crippen molar-refractivity contribution in [3.8, 4) is 0 Å². The summed E-state index contributed by atoms with van der Waals surface area (Å²) in [4.78, 5) is 28.1. The third-order valence-corrected chi connectivity index (χ3v) is 4.61. The predicted octanol–water partition coefficient (Wildman–Crippen LogP) is 1.77. The first-order valence-electron chi connectivity index (χ1n) is 7.23. The van der Waals surface area contributed by atoms with Crippen LogP contribution in [0, 0.1) is 0 Å². The van der Waals surface area contributed by atoms with Crippen LogP contribution in [0.2, 0.25) is 10.0 Å². The van der Waals surface area contributed by atoms with Crippen LogP contribution in [-0.4, -0.2) is 53.3 Å². The molecule has 22 heavy (non-hydrogen) atoms. The monoisotopic (exact) mass is 341 g/mol. The highest BCUT2D eigenvalue weighted by Gasteiger charge is 2.48. The molecule has 0 bridgehead atoms. The SMILES string of the molecule is NC1(C(=O)N2CCN(C(=O)c3cc(Cl)cc(Cl)c3)CC2)CC1. The van der Waals surface area contributed by atoms with E-state index in [-0.39, 0.29) is 11.8 Å². The Morgan fingerprint density at radius 2 is 1.45 bits per heavy atom. The summed E-state index contributed by atoms with van der Waals surface area (Å²) in [7, 11) is 0. The van der Waals surface area contributed by atoms with Gasteiger partial charge in [0, 0.05) is 41.8 Å². The van der Waals surface area contributed by atoms with E-state index < -0.39 is 5.54 Å². The van der Waals surface area contributed by atoms with Crippen molar-refractivity contribution in [1.82, 2.24) is 9.80 Å². The fourth-order valence-electron chi connectivity index (χ4n) is 2.64. The zero-order chi connectivity index (χ0) is 15.9. The third-order valence-electron chi connectivity index (χ3n) is 4.18. The van der Waals surface area contributed by atoms with E-state index in [1.54, 1.807) is 28.0 Å². The number of hydrogen-bond donors (Lipinski definition) is 1. The summed E-state index contributed by atoms with van der Waals surface area (Å²) in [6, 6.07) is 4.80. The lowest BCUT2D eigenvalue weighted by Gasteiger charge is -2.36. The molecule has 1 saturated heterocycles. The second-order valence-corrected chi connectivity index (χ2v) is 6.77. The van der Waals surface area contributed by atoms with Crippen LogP contribution < -0.4 is 5.73 Å². The van der Waals surface area contributed by atoms with Crippen molar-refractivity contribution < 1.29 is 9.59 Å². The molecule has 2 amide bonds. The Bertz CT molecular complexity index is 603. The molecule has 0 atom stereocenters. The highest BCUT2D eigenvalue weighted by Crippen LogP contribution is 2.34. The lowest BCUT2D eigenvalue weighted by Crippen LogP contribution is -2.55. The number of rotatable bonds is 2. The molecule has 0 aromatic heterocycles. The number of carbonyl (C=O) groups excluding carboxylic acids is 2. The van der Waals surface area contributed by atoms with Crippen LogP contribution >= 0.6 is 23.2 Å². The molecule has 0 unspecified atom stereocenters. The third kappa shape index (κ3) is 3.07. The van der Waals surface area contributed by atoms with Gasteiger partial charge in [-0.3, -0.25) is 9.59 Å². The average molecular weight is 342 g/mol. The maximum Gasteiger partial charge on any atom is 0.254 e. The molecular formula is C15H17Cl2N3O2. The molecule has 5 nitrogen and oxygen atoms in total. The van der Waals surface area contributed by atoms with E-state index >= 15 is 0 Å². The van der Waals surface area contributed by atoms with Crippen molar-refractivity contribution in [2.24, 2.45) is 5.73 Å². The molecule has 0 spiro atoms. The average Bonchev–Trinajstić information content (AvgIpc) is 3.24. The van der Waals surface area contributed by atoms with Crippen molar-refractivity contribution in [3.05, 3.63) is 33.8 Å². The number of hydrogen-bond acceptors (Lipinski definition) is 3. The number of carbonyl (C=O) groups is 2. The van der Waals surface area contributed by atoms with Crippen LogP contribution in [0.4, 0.5) is 0 Å². The summed E-state index contributed by atoms with van der Waals surface area (Å²) in [6.07, 6.45) is 1.51. The lowest BCUT2D eigenvalue weighted by molar-refractivity contribution is -0.135. The van der Waals surface area contributed by atoms with E-state index in [2.05, 4.69) is 0 Å². The van der Waals surface area contributed by atoms with Gasteiger partial charge in [-0.25, -0.2) is 0 Å². The summed E-state index contributed by atoms with van der Waals surface area (Å²) < 4.78 is 0. The zero-order valence-electron chi connectivity index (χ0n) is 12.0. The summed E-state index contributed by atoms with van der Waals surface area (Å²) in [5.41, 5.74) is 5.76. The van der Waals surface area contributed by atoms with E-state index in [1.807, 2.05) is 0 Å². The van der Waals surface area contributed by atoms with Gasteiger partial charge < -0.3 is 15.5 Å². The van der Waals surface area contributed by atoms with E-state index in [0.29, 0.717) is 41.8 Å². The molecular weight excluding hydrogens is 325 g/mol. The van der Waals surface area contributed by atoms with E-state index in [0.717, 1.165) is 12.8 Å². The number of nitrogens with two attached hydrogens (primary N) is 1. The van der Waals surface area contributed by atoms with Gasteiger partial charge in [-0.2, -0.15) is 0 Å². The fraction of sp³-hybridized carbons (Fsp3) is 0.467. The quantitative estimate of drug-likeness (QED) is 0.891. The molecule has 1 aromatic rings. The molecule has 1 aliphatic carbocycles. The Morgan fingerprint density at radius 1 is 0.955 bits per heavy atom. The molecule has 3 rings (SSSR count). The first kappa shape index (κ1) is 15.6. The summed E-state index contributed by atoms with van der Waals surface area (Å²) in [5.74, 6) is -0.115. The normalized spacial score (nSPS) is 20.0. The first-order chi connectivity index (χ1) is 10.4. The Kier molecular flexibility index (Phi) is 4.05. The van der Waals surface area contributed by atoms with E-state index in [1.165, 1.54) is 0 Å². The topological polar surface area (TPSA) is 66.6 Å². The molecule has 0 radical (unpaired) electrons. The molecule has 1 aromatic carbocycles. The number of benzene rings is 1. The van der Waals surface area contributed by atoms with Crippen LogP contribution in [0.5, 0.6) is 0 Å². The largest absolute Gasteiger partial charge is 0.338 e. The summed E-state index contributed by atoms with van der Waals surface area (Å²) >= 11 is 11.9. The van der Waals surface area contributed by atoms with Crippen LogP contribution in [-0.2, 0) is 4.79 Å². The predicted molar refractivity (Wildman–Crippen MR) is 85.1 cm³/mol. The van der Waals surface area contributed by atoms with Gasteiger partial charge >= 0.3 is 0 Å². The van der Waals surface area contributed by atoms with Crippen molar-refractivity contribution in [1.29, 1.82) is 0 Å². The number of amides is 2. The van der Waals surface area contributed by atoms with Crippen molar-refractivity contribution in [2.75, 3.05) is 26.2 Å². The second kappa shape index (κ2) is 5.72. The zero-order valence-corrected chi connectivity index (χ0v) is 13.5. The van der Waals surface area contributed by atoms with Crippen molar-refractivity contribution >= 4 is 35.0 Å². The number of halogens is 2. The minimum atomic E-state index is -0.646. The number of piperazine rings is 1. The highest BCUT2D eigenvalue weighted by atomic mass is 35.5. The highest BCUT2D eigenvalue weighted by molar-refractivity contribution is 6.35. The van der Waals surface area contributed by atoms with Crippen LogP contribution in [0.25, 0.3) is 0 Å². The van der Waals surface area contributed by atoms with Gasteiger partial charge in [0.05, 0.1) is 5.54 Å². The molecule has 1 aliphatic heterocycles. The van der Waals surface area contributed by atoms with Gasteiger partial charge in [0.15, 0.2) is 0 Å². The summed E-state index contributed by atoms with van der Waals surface area (Å²) in [5, 5.41) is 0.868. The van der Waals surface area contributed by atoms with Gasteiger partial charge in [0.1, 0.15) is 0 Å². The molecule has 2 fully saturated rings. The molecule has 2 aliphatic rings. The van der Waals surface area contributed by atoms with Gasteiger partial charge in [-0.1, -0.05) is 23.2 Å². The smallest absolute Gasteiger partial charge is 0.254 e. The minimum Gasteiger partial charge on any atom is -0.338 e. The van der Waals surface area contributed by atoms with Gasteiger partial charge in [0.25, 0.3) is 5.91 Å². The van der Waals surface area contributed by atoms with Crippen LogP contribution in [0.3, 0.4) is 0 Å². The van der Waals surface area contributed by atoms with E-state index in [4.69, 9.17) is 28.9 Å². The first-order valence-corrected chi connectivity index (χ1v) is 7.98. The van der Waals surface area contributed by atoms with Crippen molar-refractivity contribution in [2.45, 2.75) is 18.4 Å². The van der Waals surface area contributed by atoms with E-state index in [9.17, 15) is 9.59 Å². The standard InChI is InChI=1S/C15H17Cl2N3O2/c16-11-7-10(8-12(17)9-11)13(21)19-3-5-20(6-4-19)14(22)15(18)1-2-15/h7-9H,1-6,18H2. The Morgan fingerprint density at radius 3 is 1.95 bits per heavy atom. The Labute approximate surface area is 138 Å². The maximum absolute atomic E-state index is 12.5. The van der Waals surface area contributed by atoms with Crippen molar-refractivity contribution in [3.63, 3.8) is 0 Å². The Balaban J connectivity index is 1.63. The maximum atomic E-state index is 12.5. The lowest BCUT2D eigenvalue weighted by atomic mass is 10.1. The van der Waals surface area contributed by atoms with Gasteiger partial charge in [0.2, 0.25) is 5.91 Å². The van der Waals surface area contributed by atoms with Crippen LogP contribution in [0.1, 0.15) is 23.2 Å². The minimum absolute atomic E-state index is 0.00500. The van der Waals surface area contributed by atoms with Crippen LogP contribution in [0.15, 0.2) is 18.2 Å². The molecule has 7 heteroatoms.